The van der Waals surface area contributed by atoms with E-state index >= 15 is 4.39 Å². The Bertz CT molecular complexity index is 1090. The largest absolute Gasteiger partial charge is 0.444 e. The third-order valence-electron chi connectivity index (χ3n) is 5.85. The summed E-state index contributed by atoms with van der Waals surface area (Å²) < 4.78 is 27.1. The zero-order valence-electron chi connectivity index (χ0n) is 19.9. The van der Waals surface area contributed by atoms with Crippen LogP contribution in [0.25, 0.3) is 10.9 Å². The van der Waals surface area contributed by atoms with E-state index < -0.39 is 5.60 Å². The van der Waals surface area contributed by atoms with Crippen LogP contribution in [0.3, 0.4) is 0 Å². The zero-order chi connectivity index (χ0) is 24.1. The molecule has 0 unspecified atom stereocenters. The van der Waals surface area contributed by atoms with Gasteiger partial charge in [-0.15, -0.1) is 0 Å². The lowest BCUT2D eigenvalue weighted by Crippen LogP contribution is -2.59. The first-order chi connectivity index (χ1) is 15.5. The number of piperazine rings is 1. The van der Waals surface area contributed by atoms with Crippen molar-refractivity contribution in [3.8, 4) is 0 Å². The van der Waals surface area contributed by atoms with Crippen LogP contribution in [-0.4, -0.2) is 57.5 Å². The molecule has 1 saturated heterocycles. The SMILES string of the molecule is CCSc1nc(N2C[C@@H](C)N(C(=O)OC(C)(C)C)C[C@@H]2C)c2c3c(c(Br)c(F)c2n1)COC3. The molecule has 0 aliphatic carbocycles. The van der Waals surface area contributed by atoms with Crippen LogP contribution in [0, 0.1) is 5.82 Å². The first-order valence-corrected chi connectivity index (χ1v) is 13.0. The van der Waals surface area contributed by atoms with E-state index in [4.69, 9.17) is 14.5 Å². The molecular formula is C23H30BrFN4O3S. The summed E-state index contributed by atoms with van der Waals surface area (Å²) in [6, 6.07) is -0.149. The number of benzene rings is 1. The molecule has 0 radical (unpaired) electrons. The van der Waals surface area contributed by atoms with Gasteiger partial charge in [0.15, 0.2) is 11.0 Å². The van der Waals surface area contributed by atoms with Gasteiger partial charge in [0.1, 0.15) is 16.9 Å². The summed E-state index contributed by atoms with van der Waals surface area (Å²) in [5, 5.41) is 1.24. The fourth-order valence-corrected chi connectivity index (χ4v) is 5.46. The van der Waals surface area contributed by atoms with Crippen molar-refractivity contribution in [1.29, 1.82) is 0 Å². The van der Waals surface area contributed by atoms with E-state index in [1.807, 2.05) is 34.6 Å². The van der Waals surface area contributed by atoms with Crippen molar-refractivity contribution in [3.05, 3.63) is 21.4 Å². The fraction of sp³-hybridized carbons (Fsp3) is 0.609. The van der Waals surface area contributed by atoms with Crippen molar-refractivity contribution in [2.75, 3.05) is 23.7 Å². The number of aromatic nitrogens is 2. The number of halogens is 2. The van der Waals surface area contributed by atoms with E-state index in [2.05, 4.69) is 32.7 Å². The highest BCUT2D eigenvalue weighted by Crippen LogP contribution is 2.42. The molecule has 2 aliphatic rings. The zero-order valence-corrected chi connectivity index (χ0v) is 22.3. The number of fused-ring (bicyclic) bond motifs is 3. The molecule has 0 saturated carbocycles. The van der Waals surface area contributed by atoms with Crippen LogP contribution in [0.1, 0.15) is 52.7 Å². The number of carbonyl (C=O) groups excluding carboxylic acids is 1. The van der Waals surface area contributed by atoms with Crippen molar-refractivity contribution in [2.45, 2.75) is 77.6 Å². The van der Waals surface area contributed by atoms with Gasteiger partial charge in [0, 0.05) is 30.7 Å². The smallest absolute Gasteiger partial charge is 0.410 e. The maximum Gasteiger partial charge on any atom is 0.410 e. The number of hydrogen-bond acceptors (Lipinski definition) is 7. The molecule has 1 amide bonds. The molecule has 1 fully saturated rings. The molecule has 1 aromatic carbocycles. The van der Waals surface area contributed by atoms with Gasteiger partial charge < -0.3 is 19.3 Å². The summed E-state index contributed by atoms with van der Waals surface area (Å²) in [6.07, 6.45) is -0.319. The van der Waals surface area contributed by atoms with Gasteiger partial charge in [-0.3, -0.25) is 0 Å². The van der Waals surface area contributed by atoms with E-state index in [9.17, 15) is 4.79 Å². The van der Waals surface area contributed by atoms with Crippen molar-refractivity contribution in [1.82, 2.24) is 14.9 Å². The summed E-state index contributed by atoms with van der Waals surface area (Å²) >= 11 is 4.89. The number of amides is 1. The van der Waals surface area contributed by atoms with Gasteiger partial charge in [0.05, 0.1) is 23.1 Å². The van der Waals surface area contributed by atoms with Gasteiger partial charge in [0.2, 0.25) is 0 Å². The molecule has 10 heteroatoms. The van der Waals surface area contributed by atoms with E-state index in [-0.39, 0.29) is 24.0 Å². The standard InChI is InChI=1S/C23H30BrFN4O3S/c1-7-33-21-26-19-16(14-10-31-11-15(14)17(24)18(19)25)20(27-21)28-8-13(3)29(9-12(28)2)22(30)32-23(4,5)6/h12-13H,7-11H2,1-6H3/t12-,13+/m0/s1. The Morgan fingerprint density at radius 3 is 2.58 bits per heavy atom. The molecule has 0 bridgehead atoms. The summed E-state index contributed by atoms with van der Waals surface area (Å²) in [5.74, 6) is 1.09. The van der Waals surface area contributed by atoms with Crippen molar-refractivity contribution >= 4 is 50.5 Å². The maximum atomic E-state index is 15.4. The van der Waals surface area contributed by atoms with E-state index in [1.165, 1.54) is 11.8 Å². The minimum Gasteiger partial charge on any atom is -0.444 e. The van der Waals surface area contributed by atoms with E-state index in [1.54, 1.807) is 4.90 Å². The first-order valence-electron chi connectivity index (χ1n) is 11.2. The topological polar surface area (TPSA) is 67.8 Å². The number of hydrogen-bond donors (Lipinski definition) is 0. The van der Waals surface area contributed by atoms with Crippen LogP contribution in [0.5, 0.6) is 0 Å². The molecule has 2 aliphatic heterocycles. The summed E-state index contributed by atoms with van der Waals surface area (Å²) in [6.45, 7) is 13.4. The van der Waals surface area contributed by atoms with Crippen molar-refractivity contribution in [3.63, 3.8) is 0 Å². The monoisotopic (exact) mass is 540 g/mol. The first kappa shape index (κ1) is 24.5. The second-order valence-corrected chi connectivity index (χ2v) is 11.6. The van der Waals surface area contributed by atoms with Crippen LogP contribution >= 0.6 is 27.7 Å². The van der Waals surface area contributed by atoms with Gasteiger partial charge >= 0.3 is 6.09 Å². The minimum atomic E-state index is -0.558. The number of nitrogens with zero attached hydrogens (tertiary/aromatic N) is 4. The van der Waals surface area contributed by atoms with Crippen molar-refractivity contribution < 1.29 is 18.7 Å². The highest BCUT2D eigenvalue weighted by atomic mass is 79.9. The second-order valence-electron chi connectivity index (χ2n) is 9.55. The number of carbonyl (C=O) groups is 1. The number of anilines is 1. The quantitative estimate of drug-likeness (QED) is 0.375. The molecule has 0 spiro atoms. The number of thioether (sulfide) groups is 1. The van der Waals surface area contributed by atoms with Crippen LogP contribution < -0.4 is 4.90 Å². The molecule has 3 heterocycles. The highest BCUT2D eigenvalue weighted by Gasteiger charge is 2.37. The van der Waals surface area contributed by atoms with Gasteiger partial charge in [-0.05, 0) is 61.9 Å². The van der Waals surface area contributed by atoms with Crippen LogP contribution in [0.4, 0.5) is 15.0 Å². The molecule has 0 N–H and O–H groups in total. The van der Waals surface area contributed by atoms with Gasteiger partial charge in [-0.1, -0.05) is 18.7 Å². The van der Waals surface area contributed by atoms with Crippen LogP contribution in [0.2, 0.25) is 0 Å². The summed E-state index contributed by atoms with van der Waals surface area (Å²) in [7, 11) is 0. The second kappa shape index (κ2) is 9.19. The maximum absolute atomic E-state index is 15.4. The molecule has 7 nitrogen and oxygen atoms in total. The molecule has 180 valence electrons. The van der Waals surface area contributed by atoms with Crippen LogP contribution in [0.15, 0.2) is 9.63 Å². The Hall–Kier alpha value is -1.65. The summed E-state index contributed by atoms with van der Waals surface area (Å²) in [4.78, 5) is 26.2. The minimum absolute atomic E-state index is 0.0454. The molecule has 4 rings (SSSR count). The Morgan fingerprint density at radius 1 is 1.21 bits per heavy atom. The lowest BCUT2D eigenvalue weighted by Gasteiger charge is -2.45. The lowest BCUT2D eigenvalue weighted by atomic mass is 10.0. The Labute approximate surface area is 206 Å². The lowest BCUT2D eigenvalue weighted by molar-refractivity contribution is 0.0130. The van der Waals surface area contributed by atoms with Gasteiger partial charge in [-0.2, -0.15) is 0 Å². The van der Waals surface area contributed by atoms with Crippen molar-refractivity contribution in [2.24, 2.45) is 0 Å². The summed E-state index contributed by atoms with van der Waals surface area (Å²) in [5.41, 5.74) is 1.49. The van der Waals surface area contributed by atoms with Crippen LogP contribution in [-0.2, 0) is 22.7 Å². The third-order valence-corrected chi connectivity index (χ3v) is 7.41. The molecule has 2 aromatic rings. The number of ether oxygens (including phenoxy) is 2. The highest BCUT2D eigenvalue weighted by molar-refractivity contribution is 9.10. The molecular weight excluding hydrogens is 511 g/mol. The van der Waals surface area contributed by atoms with Gasteiger partial charge in [-0.25, -0.2) is 19.2 Å². The van der Waals surface area contributed by atoms with Gasteiger partial charge in [0.25, 0.3) is 0 Å². The average Bonchev–Trinajstić information content (AvgIpc) is 3.21. The Kier molecular flexibility index (Phi) is 6.81. The average molecular weight is 541 g/mol. The Balaban J connectivity index is 1.79. The third kappa shape index (κ3) is 4.66. The van der Waals surface area contributed by atoms with E-state index in [0.717, 1.165) is 16.9 Å². The number of rotatable bonds is 3. The van der Waals surface area contributed by atoms with E-state index in [0.29, 0.717) is 52.7 Å². The normalized spacial score (nSPS) is 21.0. The Morgan fingerprint density at radius 2 is 1.91 bits per heavy atom. The molecule has 1 aromatic heterocycles. The predicted octanol–water partition coefficient (Wildman–Crippen LogP) is 5.51. The molecule has 2 atom stereocenters. The predicted molar refractivity (Wildman–Crippen MR) is 131 cm³/mol. The fourth-order valence-electron chi connectivity index (χ4n) is 4.35. The molecule has 33 heavy (non-hydrogen) atoms.